The second-order valence-corrected chi connectivity index (χ2v) is 5.23. The van der Waals surface area contributed by atoms with Gasteiger partial charge in [0.15, 0.2) is 17.4 Å². The van der Waals surface area contributed by atoms with Crippen LogP contribution in [-0.4, -0.2) is 19.7 Å². The minimum absolute atomic E-state index is 0.00668. The van der Waals surface area contributed by atoms with Gasteiger partial charge in [0.1, 0.15) is 11.4 Å². The van der Waals surface area contributed by atoms with E-state index in [1.54, 1.807) is 6.92 Å². The Balaban J connectivity index is 2.39. The van der Waals surface area contributed by atoms with Crippen molar-refractivity contribution in [2.45, 2.75) is 6.92 Å². The van der Waals surface area contributed by atoms with Gasteiger partial charge in [-0.3, -0.25) is 0 Å². The van der Waals surface area contributed by atoms with Crippen LogP contribution in [0.15, 0.2) is 28.7 Å². The number of rotatable bonds is 4. The molecule has 4 nitrogen and oxygen atoms in total. The van der Waals surface area contributed by atoms with Crippen LogP contribution in [0, 0.1) is 23.3 Å². The number of benzene rings is 2. The first kappa shape index (κ1) is 17.8. The molecule has 3 rings (SSSR count). The van der Waals surface area contributed by atoms with E-state index in [0.29, 0.717) is 6.07 Å². The molecule has 0 saturated heterocycles. The maximum atomic E-state index is 14.7. The van der Waals surface area contributed by atoms with Crippen molar-refractivity contribution in [3.63, 3.8) is 0 Å². The molecule has 1 aromatic heterocycles. The normalized spacial score (nSPS) is 11.0. The van der Waals surface area contributed by atoms with E-state index in [2.05, 4.69) is 4.74 Å². The fraction of sp³-hybridized carbons (Fsp3) is 0.167. The maximum Gasteiger partial charge on any atom is 0.374 e. The van der Waals surface area contributed by atoms with Crippen LogP contribution in [-0.2, 0) is 4.74 Å². The molecule has 0 amide bonds. The van der Waals surface area contributed by atoms with Gasteiger partial charge in [-0.05, 0) is 25.1 Å². The predicted octanol–water partition coefficient (Wildman–Crippen LogP) is 4.84. The Kier molecular flexibility index (Phi) is 4.58. The molecule has 0 N–H and O–H groups in total. The first-order valence-electron chi connectivity index (χ1n) is 7.50. The SMILES string of the molecule is CCOC(=O)c1oc2cc(F)ccc2c1-c1cc(F)c(F)c(OC)c1F. The zero-order chi connectivity index (χ0) is 19.0. The molecule has 0 fully saturated rings. The number of carbonyl (C=O) groups excluding carboxylic acids is 1. The van der Waals surface area contributed by atoms with Crippen LogP contribution in [0.2, 0.25) is 0 Å². The van der Waals surface area contributed by atoms with Gasteiger partial charge in [-0.25, -0.2) is 18.0 Å². The minimum Gasteiger partial charge on any atom is -0.491 e. The molecule has 136 valence electrons. The van der Waals surface area contributed by atoms with Crippen molar-refractivity contribution in [3.05, 3.63) is 53.3 Å². The van der Waals surface area contributed by atoms with E-state index in [-0.39, 0.29) is 23.1 Å². The zero-order valence-electron chi connectivity index (χ0n) is 13.7. The standard InChI is InChI=1S/C18H12F4O4/c1-3-25-18(23)16-13(9-5-4-8(19)6-12(9)26-16)10-7-11(20)15(22)17(24-2)14(10)21/h4-7H,3H2,1-2H3. The fourth-order valence-corrected chi connectivity index (χ4v) is 2.62. The van der Waals surface area contributed by atoms with Crippen LogP contribution in [0.4, 0.5) is 17.6 Å². The van der Waals surface area contributed by atoms with Crippen LogP contribution in [0.5, 0.6) is 5.75 Å². The minimum atomic E-state index is -1.51. The summed E-state index contributed by atoms with van der Waals surface area (Å²) in [5.41, 5.74) is -0.742. The molecule has 0 atom stereocenters. The molecule has 0 bridgehead atoms. The molecule has 1 heterocycles. The van der Waals surface area contributed by atoms with Gasteiger partial charge in [-0.15, -0.1) is 0 Å². The number of carbonyl (C=O) groups is 1. The Labute approximate surface area is 144 Å². The molecule has 26 heavy (non-hydrogen) atoms. The largest absolute Gasteiger partial charge is 0.491 e. The first-order valence-corrected chi connectivity index (χ1v) is 7.50. The lowest BCUT2D eigenvalue weighted by molar-refractivity contribution is 0.0494. The summed E-state index contributed by atoms with van der Waals surface area (Å²) in [5.74, 6) is -7.15. The van der Waals surface area contributed by atoms with Crippen molar-refractivity contribution < 1.29 is 36.2 Å². The molecule has 0 radical (unpaired) electrons. The van der Waals surface area contributed by atoms with E-state index < -0.39 is 46.3 Å². The van der Waals surface area contributed by atoms with Crippen molar-refractivity contribution in [3.8, 4) is 16.9 Å². The van der Waals surface area contributed by atoms with Gasteiger partial charge >= 0.3 is 5.97 Å². The first-order chi connectivity index (χ1) is 12.4. The van der Waals surface area contributed by atoms with E-state index in [9.17, 15) is 22.4 Å². The molecular weight excluding hydrogens is 356 g/mol. The number of esters is 1. The Morgan fingerprint density at radius 3 is 2.50 bits per heavy atom. The summed E-state index contributed by atoms with van der Waals surface area (Å²) in [7, 11) is 0.972. The second kappa shape index (κ2) is 6.70. The highest BCUT2D eigenvalue weighted by Crippen LogP contribution is 2.40. The van der Waals surface area contributed by atoms with Gasteiger partial charge in [0.25, 0.3) is 0 Å². The number of hydrogen-bond acceptors (Lipinski definition) is 4. The van der Waals surface area contributed by atoms with Crippen molar-refractivity contribution in [1.82, 2.24) is 0 Å². The van der Waals surface area contributed by atoms with Crippen LogP contribution in [0.3, 0.4) is 0 Å². The number of hydrogen-bond donors (Lipinski definition) is 0. The van der Waals surface area contributed by atoms with Crippen molar-refractivity contribution in [1.29, 1.82) is 0 Å². The Morgan fingerprint density at radius 2 is 1.85 bits per heavy atom. The predicted molar refractivity (Wildman–Crippen MR) is 84.0 cm³/mol. The van der Waals surface area contributed by atoms with Gasteiger partial charge in [-0.2, -0.15) is 4.39 Å². The molecule has 0 unspecified atom stereocenters. The van der Waals surface area contributed by atoms with E-state index in [0.717, 1.165) is 19.2 Å². The molecule has 2 aromatic carbocycles. The molecule has 0 spiro atoms. The average molecular weight is 368 g/mol. The number of methoxy groups -OCH3 is 1. The zero-order valence-corrected chi connectivity index (χ0v) is 13.7. The topological polar surface area (TPSA) is 48.7 Å². The summed E-state index contributed by atoms with van der Waals surface area (Å²) in [5, 5.41) is 0.126. The molecular formula is C18H12F4O4. The van der Waals surface area contributed by atoms with Crippen LogP contribution >= 0.6 is 0 Å². The number of furan rings is 1. The van der Waals surface area contributed by atoms with Gasteiger partial charge in [0, 0.05) is 22.6 Å². The lowest BCUT2D eigenvalue weighted by Crippen LogP contribution is -2.06. The van der Waals surface area contributed by atoms with Gasteiger partial charge < -0.3 is 13.9 Å². The molecule has 8 heteroatoms. The number of halogens is 4. The third kappa shape index (κ3) is 2.77. The van der Waals surface area contributed by atoms with Crippen LogP contribution < -0.4 is 4.74 Å². The third-order valence-corrected chi connectivity index (χ3v) is 3.70. The summed E-state index contributed by atoms with van der Waals surface area (Å²) in [6, 6.07) is 3.85. The quantitative estimate of drug-likeness (QED) is 0.376. The van der Waals surface area contributed by atoms with E-state index >= 15 is 0 Å². The molecule has 0 aliphatic rings. The Hall–Kier alpha value is -3.03. The molecule has 0 saturated carbocycles. The summed E-state index contributed by atoms with van der Waals surface area (Å²) in [6.07, 6.45) is 0. The summed E-state index contributed by atoms with van der Waals surface area (Å²) < 4.78 is 70.6. The smallest absolute Gasteiger partial charge is 0.374 e. The van der Waals surface area contributed by atoms with Crippen molar-refractivity contribution >= 4 is 16.9 Å². The molecule has 0 aliphatic carbocycles. The summed E-state index contributed by atoms with van der Waals surface area (Å²) in [4.78, 5) is 12.2. The van der Waals surface area contributed by atoms with Crippen molar-refractivity contribution in [2.24, 2.45) is 0 Å². The van der Waals surface area contributed by atoms with Gasteiger partial charge in [-0.1, -0.05) is 0 Å². The highest BCUT2D eigenvalue weighted by Gasteiger charge is 2.29. The van der Waals surface area contributed by atoms with Crippen LogP contribution in [0.25, 0.3) is 22.1 Å². The number of ether oxygens (including phenoxy) is 2. The lowest BCUT2D eigenvalue weighted by atomic mass is 10.00. The highest BCUT2D eigenvalue weighted by molar-refractivity contribution is 6.06. The van der Waals surface area contributed by atoms with E-state index in [1.807, 2.05) is 0 Å². The van der Waals surface area contributed by atoms with Crippen LogP contribution in [0.1, 0.15) is 17.5 Å². The monoisotopic (exact) mass is 368 g/mol. The van der Waals surface area contributed by atoms with E-state index in [4.69, 9.17) is 9.15 Å². The Morgan fingerprint density at radius 1 is 1.12 bits per heavy atom. The average Bonchev–Trinajstić information content (AvgIpc) is 2.97. The second-order valence-electron chi connectivity index (χ2n) is 5.23. The summed E-state index contributed by atoms with van der Waals surface area (Å²) >= 11 is 0. The lowest BCUT2D eigenvalue weighted by Gasteiger charge is -2.10. The van der Waals surface area contributed by atoms with Crippen molar-refractivity contribution in [2.75, 3.05) is 13.7 Å². The molecule has 0 aliphatic heterocycles. The summed E-state index contributed by atoms with van der Waals surface area (Å²) in [6.45, 7) is 1.54. The molecule has 3 aromatic rings. The van der Waals surface area contributed by atoms with E-state index in [1.165, 1.54) is 6.07 Å². The fourth-order valence-electron chi connectivity index (χ4n) is 2.62. The third-order valence-electron chi connectivity index (χ3n) is 3.70. The highest BCUT2D eigenvalue weighted by atomic mass is 19.2. The maximum absolute atomic E-state index is 14.7. The number of fused-ring (bicyclic) bond motifs is 1. The Bertz CT molecular complexity index is 1010. The van der Waals surface area contributed by atoms with Gasteiger partial charge in [0.05, 0.1) is 13.7 Å². The van der Waals surface area contributed by atoms with Gasteiger partial charge in [0.2, 0.25) is 11.6 Å².